The van der Waals surface area contributed by atoms with Crippen LogP contribution in [-0.4, -0.2) is 61.1 Å². The van der Waals surface area contributed by atoms with Gasteiger partial charge in [-0.2, -0.15) is 0 Å². The fourth-order valence-electron chi connectivity index (χ4n) is 4.88. The molecule has 0 aromatic heterocycles. The van der Waals surface area contributed by atoms with Crippen molar-refractivity contribution in [3.8, 4) is 0 Å². The lowest BCUT2D eigenvalue weighted by atomic mass is 9.95. The Morgan fingerprint density at radius 1 is 1.23 bits per heavy atom. The van der Waals surface area contributed by atoms with Crippen LogP contribution < -0.4 is 21.7 Å². The molecule has 1 unspecified atom stereocenters. The van der Waals surface area contributed by atoms with Crippen molar-refractivity contribution in [1.82, 2.24) is 20.9 Å². The lowest BCUT2D eigenvalue weighted by molar-refractivity contribution is -0.119. The maximum absolute atomic E-state index is 11.1. The maximum atomic E-state index is 11.1. The number of piperidine rings is 1. The number of likely N-dealkylation sites (tertiary alicyclic amines) is 1. The number of hydrogen-bond acceptors (Lipinski definition) is 4. The van der Waals surface area contributed by atoms with Crippen LogP contribution >= 0.6 is 0 Å². The van der Waals surface area contributed by atoms with E-state index < -0.39 is 0 Å². The van der Waals surface area contributed by atoms with E-state index in [-0.39, 0.29) is 11.4 Å². The van der Waals surface area contributed by atoms with E-state index >= 15 is 0 Å². The van der Waals surface area contributed by atoms with Crippen LogP contribution in [0.1, 0.15) is 64.0 Å². The molecule has 1 aliphatic heterocycles. The van der Waals surface area contributed by atoms with Crippen LogP contribution in [0.15, 0.2) is 35.3 Å². The highest BCUT2D eigenvalue weighted by molar-refractivity contribution is 5.80. The van der Waals surface area contributed by atoms with E-state index in [1.807, 2.05) is 0 Å². The number of nitrogens with one attached hydrogen (secondary N) is 3. The molecule has 7 heteroatoms. The molecule has 1 saturated heterocycles. The predicted molar refractivity (Wildman–Crippen MR) is 127 cm³/mol. The summed E-state index contributed by atoms with van der Waals surface area (Å²) in [5, 5.41) is 11.0. The maximum Gasteiger partial charge on any atom is 0.231 e. The lowest BCUT2D eigenvalue weighted by Gasteiger charge is -2.34. The second-order valence-electron chi connectivity index (χ2n) is 9.12. The third-order valence-electron chi connectivity index (χ3n) is 6.57. The molecule has 31 heavy (non-hydrogen) atoms. The van der Waals surface area contributed by atoms with Crippen LogP contribution in [0.4, 0.5) is 0 Å². The first-order valence-corrected chi connectivity index (χ1v) is 11.9. The molecule has 1 aromatic rings. The predicted octanol–water partition coefficient (Wildman–Crippen LogP) is 2.15. The molecule has 1 heterocycles. The molecular formula is C24H40N6O. The van der Waals surface area contributed by atoms with Crippen LogP contribution in [0.3, 0.4) is 0 Å². The molecule has 1 atom stereocenters. The summed E-state index contributed by atoms with van der Waals surface area (Å²) >= 11 is 0. The minimum atomic E-state index is -0.250. The van der Waals surface area contributed by atoms with E-state index in [0.717, 1.165) is 45.0 Å². The first-order valence-electron chi connectivity index (χ1n) is 11.9. The van der Waals surface area contributed by atoms with Gasteiger partial charge in [0.2, 0.25) is 5.91 Å². The smallest absolute Gasteiger partial charge is 0.231 e. The number of nitrogens with zero attached hydrogens (tertiary/aromatic N) is 2. The number of guanidine groups is 1. The largest absolute Gasteiger partial charge is 0.369 e. The van der Waals surface area contributed by atoms with Crippen LogP contribution in [0, 0.1) is 0 Å². The fourth-order valence-corrected chi connectivity index (χ4v) is 4.88. The Balaban J connectivity index is 1.59. The Morgan fingerprint density at radius 3 is 2.52 bits per heavy atom. The first-order chi connectivity index (χ1) is 15.0. The van der Waals surface area contributed by atoms with Crippen molar-refractivity contribution in [2.45, 2.75) is 70.0 Å². The van der Waals surface area contributed by atoms with E-state index in [0.29, 0.717) is 18.6 Å². The van der Waals surface area contributed by atoms with Crippen molar-refractivity contribution in [3.05, 3.63) is 35.9 Å². The van der Waals surface area contributed by atoms with Gasteiger partial charge in [-0.3, -0.25) is 14.7 Å². The minimum Gasteiger partial charge on any atom is -0.369 e. The second kappa shape index (κ2) is 11.5. The molecule has 1 aliphatic carbocycles. The number of carbonyl (C=O) groups is 1. The zero-order valence-electron chi connectivity index (χ0n) is 19.2. The van der Waals surface area contributed by atoms with Crippen molar-refractivity contribution in [2.24, 2.45) is 10.7 Å². The molecule has 7 nitrogen and oxygen atoms in total. The van der Waals surface area contributed by atoms with Crippen LogP contribution in [0.25, 0.3) is 0 Å². The number of amides is 1. The van der Waals surface area contributed by atoms with Gasteiger partial charge in [0.1, 0.15) is 0 Å². The Hall–Kier alpha value is -2.12. The molecule has 172 valence electrons. The van der Waals surface area contributed by atoms with Crippen molar-refractivity contribution in [1.29, 1.82) is 0 Å². The third kappa shape index (κ3) is 7.21. The second-order valence-corrected chi connectivity index (χ2v) is 9.12. The van der Waals surface area contributed by atoms with E-state index in [4.69, 9.17) is 10.7 Å². The number of aliphatic imine (C=N–C) groups is 1. The molecule has 1 aromatic carbocycles. The van der Waals surface area contributed by atoms with Gasteiger partial charge >= 0.3 is 0 Å². The summed E-state index contributed by atoms with van der Waals surface area (Å²) in [4.78, 5) is 18.3. The number of primary amides is 1. The van der Waals surface area contributed by atoms with Gasteiger partial charge in [-0.25, -0.2) is 0 Å². The monoisotopic (exact) mass is 428 g/mol. The summed E-state index contributed by atoms with van der Waals surface area (Å²) in [5.41, 5.74) is 6.71. The Morgan fingerprint density at radius 2 is 1.90 bits per heavy atom. The molecule has 0 radical (unpaired) electrons. The SMILES string of the molecule is CCNC(=NCC1(NC(C)c2ccccc2)CCCC1)NC1CCN(CC(N)=O)CC1. The highest BCUT2D eigenvalue weighted by Crippen LogP contribution is 2.32. The van der Waals surface area contributed by atoms with E-state index in [1.54, 1.807) is 0 Å². The molecule has 1 saturated carbocycles. The molecule has 2 aliphatic rings. The van der Waals surface area contributed by atoms with E-state index in [1.165, 1.54) is 31.2 Å². The van der Waals surface area contributed by atoms with Crippen molar-refractivity contribution < 1.29 is 4.79 Å². The van der Waals surface area contributed by atoms with Gasteiger partial charge in [-0.1, -0.05) is 43.2 Å². The van der Waals surface area contributed by atoms with Gasteiger partial charge in [0.25, 0.3) is 0 Å². The molecule has 0 bridgehead atoms. The van der Waals surface area contributed by atoms with Crippen LogP contribution in [0.5, 0.6) is 0 Å². The normalized spacial score (nSPS) is 21.0. The van der Waals surface area contributed by atoms with Gasteiger partial charge in [-0.15, -0.1) is 0 Å². The van der Waals surface area contributed by atoms with Crippen molar-refractivity contribution in [3.63, 3.8) is 0 Å². The van der Waals surface area contributed by atoms with E-state index in [9.17, 15) is 4.79 Å². The standard InChI is InChI=1S/C24H40N6O/c1-3-26-23(28-21-11-15-30(16-12-21)17-22(25)31)27-18-24(13-7-8-14-24)29-19(2)20-9-5-4-6-10-20/h4-6,9-10,19,21,29H,3,7-8,11-18H2,1-2H3,(H2,25,31)(H2,26,27,28). The number of nitrogens with two attached hydrogens (primary N) is 1. The number of carbonyl (C=O) groups excluding carboxylic acids is 1. The Bertz CT molecular complexity index is 708. The van der Waals surface area contributed by atoms with Gasteiger partial charge in [0, 0.05) is 37.3 Å². The number of benzene rings is 1. The molecule has 0 spiro atoms. The summed E-state index contributed by atoms with van der Waals surface area (Å²) in [7, 11) is 0. The molecular weight excluding hydrogens is 388 g/mol. The van der Waals surface area contributed by atoms with Crippen molar-refractivity contribution >= 4 is 11.9 Å². The third-order valence-corrected chi connectivity index (χ3v) is 6.57. The number of hydrogen-bond donors (Lipinski definition) is 4. The summed E-state index contributed by atoms with van der Waals surface area (Å²) in [6, 6.07) is 11.3. The average Bonchev–Trinajstić information content (AvgIpc) is 3.22. The highest BCUT2D eigenvalue weighted by Gasteiger charge is 2.35. The van der Waals surface area contributed by atoms with Gasteiger partial charge in [0.15, 0.2) is 5.96 Å². The van der Waals surface area contributed by atoms with E-state index in [2.05, 4.69) is 65.0 Å². The van der Waals surface area contributed by atoms with Crippen LogP contribution in [0.2, 0.25) is 0 Å². The fraction of sp³-hybridized carbons (Fsp3) is 0.667. The first kappa shape index (κ1) is 23.5. The quantitative estimate of drug-likeness (QED) is 0.357. The average molecular weight is 429 g/mol. The van der Waals surface area contributed by atoms with Gasteiger partial charge in [0.05, 0.1) is 13.1 Å². The van der Waals surface area contributed by atoms with Crippen molar-refractivity contribution in [2.75, 3.05) is 32.7 Å². The zero-order chi connectivity index (χ0) is 22.1. The summed E-state index contributed by atoms with van der Waals surface area (Å²) in [6.07, 6.45) is 6.83. The van der Waals surface area contributed by atoms with Gasteiger partial charge in [-0.05, 0) is 45.1 Å². The Kier molecular flexibility index (Phi) is 8.72. The number of rotatable bonds is 9. The molecule has 2 fully saturated rings. The highest BCUT2D eigenvalue weighted by atomic mass is 16.1. The lowest BCUT2D eigenvalue weighted by Crippen LogP contribution is -2.51. The summed E-state index contributed by atoms with van der Waals surface area (Å²) in [6.45, 7) is 8.11. The molecule has 3 rings (SSSR count). The zero-order valence-corrected chi connectivity index (χ0v) is 19.2. The summed E-state index contributed by atoms with van der Waals surface area (Å²) < 4.78 is 0. The summed E-state index contributed by atoms with van der Waals surface area (Å²) in [5.74, 6) is 0.650. The topological polar surface area (TPSA) is 94.8 Å². The Labute approximate surface area is 187 Å². The van der Waals surface area contributed by atoms with Gasteiger partial charge < -0.3 is 21.7 Å². The molecule has 1 amide bonds. The molecule has 5 N–H and O–H groups in total. The van der Waals surface area contributed by atoms with Crippen LogP contribution in [-0.2, 0) is 4.79 Å². The minimum absolute atomic E-state index is 0.0580.